The number of aliphatic hydroxyl groups excluding tert-OH is 1. The van der Waals surface area contributed by atoms with Crippen LogP contribution in [0.1, 0.15) is 24.8 Å². The van der Waals surface area contributed by atoms with E-state index < -0.39 is 0 Å². The molecule has 3 rings (SSSR count). The number of hydrogen-bond donors (Lipinski definition) is 2. The van der Waals surface area contributed by atoms with Gasteiger partial charge in [0.1, 0.15) is 11.5 Å². The van der Waals surface area contributed by atoms with Crippen molar-refractivity contribution in [3.05, 3.63) is 29.8 Å². The molecule has 4 nitrogen and oxygen atoms in total. The number of ether oxygens (including phenoxy) is 1. The smallest absolute Gasteiger partial charge is 0.318 e. The highest BCUT2D eigenvalue weighted by atomic mass is 16.5. The first-order valence-corrected chi connectivity index (χ1v) is 5.95. The number of hydrogen-bond acceptors (Lipinski definition) is 4. The zero-order valence-corrected chi connectivity index (χ0v) is 10.2. The van der Waals surface area contributed by atoms with Gasteiger partial charge in [0.2, 0.25) is 0 Å². The summed E-state index contributed by atoms with van der Waals surface area (Å²) < 4.78 is 5.24. The van der Waals surface area contributed by atoms with Crippen LogP contribution in [0.5, 0.6) is 11.5 Å². The van der Waals surface area contributed by atoms with E-state index in [9.17, 15) is 9.90 Å². The summed E-state index contributed by atoms with van der Waals surface area (Å²) in [6.45, 7) is 0. The second-order valence-corrected chi connectivity index (χ2v) is 4.24. The van der Waals surface area contributed by atoms with Crippen molar-refractivity contribution >= 4 is 11.5 Å². The number of carbonyl (C=O) groups is 1. The van der Waals surface area contributed by atoms with E-state index >= 15 is 0 Å². The second-order valence-electron chi connectivity index (χ2n) is 4.24. The van der Waals surface area contributed by atoms with Gasteiger partial charge in [-0.05, 0) is 37.0 Å². The summed E-state index contributed by atoms with van der Waals surface area (Å²) in [5.74, 6) is 0.311. The Morgan fingerprint density at radius 2 is 2.11 bits per heavy atom. The van der Waals surface area contributed by atoms with Crippen LogP contribution in [0.3, 0.4) is 0 Å². The van der Waals surface area contributed by atoms with Crippen LogP contribution in [0, 0.1) is 5.92 Å². The van der Waals surface area contributed by atoms with Crippen LogP contribution in [0.2, 0.25) is 0 Å². The lowest BCUT2D eigenvalue weighted by Gasteiger charge is -2.29. The Morgan fingerprint density at radius 3 is 2.89 bits per heavy atom. The van der Waals surface area contributed by atoms with Crippen molar-refractivity contribution in [1.29, 1.82) is 0 Å². The highest BCUT2D eigenvalue weighted by Crippen LogP contribution is 2.42. The van der Waals surface area contributed by atoms with Crippen LogP contribution in [0.4, 0.5) is 0 Å². The number of rotatable bonds is 0. The molecule has 96 valence electrons. The molecule has 1 aromatic carbocycles. The van der Waals surface area contributed by atoms with Crippen molar-refractivity contribution < 1.29 is 19.7 Å². The molecule has 0 radical (unpaired) electrons. The predicted octanol–water partition coefficient (Wildman–Crippen LogP) is 2.10. The van der Waals surface area contributed by atoms with Crippen LogP contribution in [-0.4, -0.2) is 23.3 Å². The molecule has 1 unspecified atom stereocenters. The van der Waals surface area contributed by atoms with E-state index in [0.29, 0.717) is 5.75 Å². The lowest BCUT2D eigenvalue weighted by Crippen LogP contribution is -2.28. The molecule has 2 N–H and O–H groups in total. The molecule has 1 aliphatic heterocycles. The van der Waals surface area contributed by atoms with E-state index in [4.69, 9.17) is 9.84 Å². The van der Waals surface area contributed by atoms with Gasteiger partial charge in [-0.3, -0.25) is 4.79 Å². The van der Waals surface area contributed by atoms with Crippen molar-refractivity contribution in [3.63, 3.8) is 0 Å². The monoisotopic (exact) mass is 248 g/mol. The molecule has 1 aromatic rings. The van der Waals surface area contributed by atoms with E-state index in [1.165, 1.54) is 6.07 Å². The van der Waals surface area contributed by atoms with Gasteiger partial charge < -0.3 is 14.9 Å². The van der Waals surface area contributed by atoms with Crippen molar-refractivity contribution in [2.45, 2.75) is 19.3 Å². The van der Waals surface area contributed by atoms with Gasteiger partial charge in [0, 0.05) is 18.7 Å². The zero-order chi connectivity index (χ0) is 13.1. The first kappa shape index (κ1) is 12.6. The first-order chi connectivity index (χ1) is 8.75. The Bertz CT molecular complexity index is 491. The summed E-state index contributed by atoms with van der Waals surface area (Å²) >= 11 is 0. The van der Waals surface area contributed by atoms with Crippen molar-refractivity contribution in [3.8, 4) is 11.5 Å². The molecule has 1 heterocycles. The molecule has 1 aliphatic carbocycles. The highest BCUT2D eigenvalue weighted by molar-refractivity contribution is 5.95. The molecule has 0 amide bonds. The maximum absolute atomic E-state index is 11.8. The number of esters is 1. The normalized spacial score (nSPS) is 20.7. The van der Waals surface area contributed by atoms with Gasteiger partial charge in [-0.2, -0.15) is 0 Å². The minimum absolute atomic E-state index is 0.106. The maximum Gasteiger partial charge on any atom is 0.318 e. The van der Waals surface area contributed by atoms with E-state index in [2.05, 4.69) is 6.08 Å². The minimum Gasteiger partial charge on any atom is -0.508 e. The molecule has 0 spiro atoms. The Hall–Kier alpha value is -1.81. The number of allylic oxidation sites excluding steroid dienone is 1. The lowest BCUT2D eigenvalue weighted by atomic mass is 9.82. The molecular weight excluding hydrogens is 232 g/mol. The van der Waals surface area contributed by atoms with Gasteiger partial charge in [0.15, 0.2) is 0 Å². The summed E-state index contributed by atoms with van der Waals surface area (Å²) in [5.41, 5.74) is 2.01. The van der Waals surface area contributed by atoms with Crippen LogP contribution < -0.4 is 4.74 Å². The molecule has 2 aliphatic rings. The van der Waals surface area contributed by atoms with Crippen molar-refractivity contribution in [1.82, 2.24) is 0 Å². The number of phenols is 1. The Labute approximate surface area is 106 Å². The zero-order valence-electron chi connectivity index (χ0n) is 10.2. The summed E-state index contributed by atoms with van der Waals surface area (Å²) in [4.78, 5) is 11.8. The SMILES string of the molecule is CO.O=C1Oc2cc(O)ccc2C2=CCCCC12. The average Bonchev–Trinajstić information content (AvgIpc) is 2.41. The largest absolute Gasteiger partial charge is 0.508 e. The van der Waals surface area contributed by atoms with Crippen LogP contribution in [-0.2, 0) is 4.79 Å². The van der Waals surface area contributed by atoms with Gasteiger partial charge in [0.25, 0.3) is 0 Å². The van der Waals surface area contributed by atoms with Gasteiger partial charge in [0.05, 0.1) is 5.92 Å². The minimum atomic E-state index is -0.191. The number of carbonyl (C=O) groups excluding carboxylic acids is 1. The van der Waals surface area contributed by atoms with Crippen molar-refractivity contribution in [2.75, 3.05) is 7.11 Å². The number of phenolic OH excluding ortho intramolecular Hbond substituents is 1. The quantitative estimate of drug-likeness (QED) is 0.545. The third kappa shape index (κ3) is 2.11. The maximum atomic E-state index is 11.8. The Balaban J connectivity index is 0.000000574. The van der Waals surface area contributed by atoms with E-state index in [1.54, 1.807) is 6.07 Å². The number of aromatic hydroxyl groups is 1. The molecule has 4 heteroatoms. The fraction of sp³-hybridized carbons (Fsp3) is 0.357. The molecule has 0 saturated carbocycles. The standard InChI is InChI=1S/C13H12O3.CH4O/c14-8-5-6-10-9-3-1-2-4-11(9)13(15)16-12(10)7-8;1-2/h3,5-7,11,14H,1-2,4H2;2H,1H3. The van der Waals surface area contributed by atoms with Gasteiger partial charge >= 0.3 is 5.97 Å². The Morgan fingerprint density at radius 1 is 1.33 bits per heavy atom. The molecule has 18 heavy (non-hydrogen) atoms. The molecule has 0 saturated heterocycles. The van der Waals surface area contributed by atoms with Gasteiger partial charge in [-0.1, -0.05) is 6.08 Å². The molecule has 0 fully saturated rings. The van der Waals surface area contributed by atoms with Crippen molar-refractivity contribution in [2.24, 2.45) is 5.92 Å². The number of aliphatic hydroxyl groups is 1. The second kappa shape index (κ2) is 5.23. The fourth-order valence-electron chi connectivity index (χ4n) is 2.43. The molecular formula is C14H16O4. The number of benzene rings is 1. The summed E-state index contributed by atoms with van der Waals surface area (Å²) in [6.07, 6.45) is 5.03. The first-order valence-electron chi connectivity index (χ1n) is 5.95. The molecule has 0 bridgehead atoms. The average molecular weight is 248 g/mol. The van der Waals surface area contributed by atoms with Crippen LogP contribution in [0.15, 0.2) is 24.3 Å². The van der Waals surface area contributed by atoms with E-state index in [1.807, 2.05) is 6.07 Å². The third-order valence-electron chi connectivity index (χ3n) is 3.21. The Kier molecular flexibility index (Phi) is 3.67. The third-order valence-corrected chi connectivity index (χ3v) is 3.21. The fourth-order valence-corrected chi connectivity index (χ4v) is 2.43. The predicted molar refractivity (Wildman–Crippen MR) is 67.2 cm³/mol. The topological polar surface area (TPSA) is 66.8 Å². The van der Waals surface area contributed by atoms with Gasteiger partial charge in [-0.15, -0.1) is 0 Å². The highest BCUT2D eigenvalue weighted by Gasteiger charge is 2.34. The van der Waals surface area contributed by atoms with Gasteiger partial charge in [-0.25, -0.2) is 0 Å². The summed E-state index contributed by atoms with van der Waals surface area (Å²) in [5, 5.41) is 16.4. The lowest BCUT2D eigenvalue weighted by molar-refractivity contribution is -0.137. The number of fused-ring (bicyclic) bond motifs is 3. The van der Waals surface area contributed by atoms with E-state index in [-0.39, 0.29) is 17.6 Å². The van der Waals surface area contributed by atoms with Crippen LogP contribution in [0.25, 0.3) is 5.57 Å². The summed E-state index contributed by atoms with van der Waals surface area (Å²) in [7, 11) is 1.00. The van der Waals surface area contributed by atoms with E-state index in [0.717, 1.165) is 37.5 Å². The summed E-state index contributed by atoms with van der Waals surface area (Å²) in [6, 6.07) is 4.95. The van der Waals surface area contributed by atoms with Crippen LogP contribution >= 0.6 is 0 Å². The molecule has 0 aromatic heterocycles. The molecule has 1 atom stereocenters.